The van der Waals surface area contributed by atoms with Gasteiger partial charge in [0, 0.05) is 6.42 Å². The summed E-state index contributed by atoms with van der Waals surface area (Å²) < 4.78 is 0. The molecule has 1 atom stereocenters. The lowest BCUT2D eigenvalue weighted by Crippen LogP contribution is -2.39. The number of hydrazone groups is 1. The molecule has 7 nitrogen and oxygen atoms in total. The van der Waals surface area contributed by atoms with Crippen LogP contribution in [0.15, 0.2) is 53.6 Å². The summed E-state index contributed by atoms with van der Waals surface area (Å²) in [5.74, 6) is -1.08. The zero-order chi connectivity index (χ0) is 18.0. The van der Waals surface area contributed by atoms with Gasteiger partial charge in [0.05, 0.1) is 11.4 Å². The van der Waals surface area contributed by atoms with E-state index in [0.717, 1.165) is 5.56 Å². The van der Waals surface area contributed by atoms with Gasteiger partial charge in [0.25, 0.3) is 5.91 Å². The summed E-state index contributed by atoms with van der Waals surface area (Å²) in [6.07, 6.45) is 0.0998. The Hall–Kier alpha value is -3.35. The fourth-order valence-corrected chi connectivity index (χ4v) is 2.63. The number of aromatic hydroxyl groups is 1. The first-order chi connectivity index (χ1) is 12.0. The molecule has 3 rings (SSSR count). The Labute approximate surface area is 144 Å². The summed E-state index contributed by atoms with van der Waals surface area (Å²) in [4.78, 5) is 24.2. The van der Waals surface area contributed by atoms with Gasteiger partial charge in [-0.1, -0.05) is 24.3 Å². The number of carbonyl (C=O) groups excluding carboxylic acids is 2. The van der Waals surface area contributed by atoms with Crippen LogP contribution in [0.3, 0.4) is 0 Å². The fourth-order valence-electron chi connectivity index (χ4n) is 2.63. The van der Waals surface area contributed by atoms with Crippen molar-refractivity contribution in [3.05, 3.63) is 54.1 Å². The van der Waals surface area contributed by atoms with E-state index in [1.54, 1.807) is 24.3 Å². The minimum Gasteiger partial charge on any atom is -0.506 e. The molecule has 0 radical (unpaired) electrons. The number of primary amides is 1. The second kappa shape index (κ2) is 6.64. The maximum atomic E-state index is 12.5. The van der Waals surface area contributed by atoms with Crippen LogP contribution in [0.2, 0.25) is 0 Å². The quantitative estimate of drug-likeness (QED) is 0.738. The van der Waals surface area contributed by atoms with Crippen LogP contribution >= 0.6 is 0 Å². The van der Waals surface area contributed by atoms with Gasteiger partial charge >= 0.3 is 0 Å². The predicted molar refractivity (Wildman–Crippen MR) is 95.4 cm³/mol. The minimum atomic E-state index is -0.728. The van der Waals surface area contributed by atoms with Crippen LogP contribution in [0, 0.1) is 6.92 Å². The molecule has 1 aliphatic heterocycles. The largest absolute Gasteiger partial charge is 0.506 e. The molecule has 0 saturated carbocycles. The Morgan fingerprint density at radius 1 is 1.24 bits per heavy atom. The van der Waals surface area contributed by atoms with Crippen molar-refractivity contribution >= 4 is 28.9 Å². The van der Waals surface area contributed by atoms with Crippen molar-refractivity contribution in [2.75, 3.05) is 10.3 Å². The first-order valence-corrected chi connectivity index (χ1v) is 7.78. The normalized spacial score (nSPS) is 16.4. The molecule has 128 valence electrons. The molecular formula is C18H18N4O3. The zero-order valence-corrected chi connectivity index (χ0v) is 13.6. The lowest BCUT2D eigenvalue weighted by Gasteiger charge is -2.20. The fraction of sp³-hybridized carbons (Fsp3) is 0.167. The van der Waals surface area contributed by atoms with Crippen LogP contribution in [0.5, 0.6) is 5.75 Å². The summed E-state index contributed by atoms with van der Waals surface area (Å²) in [5.41, 5.74) is 7.49. The molecule has 2 amide bonds. The van der Waals surface area contributed by atoms with Crippen LogP contribution in [0.25, 0.3) is 0 Å². The number of phenols is 1. The standard InChI is InChI=1S/C18H18N4O3/c1-11-7-8-16(23)13(9-11)20-18(25)14-10-15(17(19)24)22(21-14)12-5-3-2-4-6-12/h2-9,15,23H,10H2,1H3,(H2,19,24)(H,20,25)/t15-/m0/s1. The molecule has 2 aromatic rings. The summed E-state index contributed by atoms with van der Waals surface area (Å²) in [5, 5.41) is 18.2. The number of hydrogen-bond donors (Lipinski definition) is 3. The number of benzene rings is 2. The van der Waals surface area contributed by atoms with E-state index in [2.05, 4.69) is 10.4 Å². The van der Waals surface area contributed by atoms with Crippen molar-refractivity contribution in [3.63, 3.8) is 0 Å². The van der Waals surface area contributed by atoms with Crippen molar-refractivity contribution < 1.29 is 14.7 Å². The lowest BCUT2D eigenvalue weighted by molar-refractivity contribution is -0.119. The van der Waals surface area contributed by atoms with Crippen molar-refractivity contribution in [3.8, 4) is 5.75 Å². The molecule has 0 bridgehead atoms. The average Bonchev–Trinajstić information content (AvgIpc) is 3.05. The summed E-state index contributed by atoms with van der Waals surface area (Å²) >= 11 is 0. The van der Waals surface area contributed by atoms with Crippen LogP contribution in [-0.2, 0) is 9.59 Å². The molecule has 4 N–H and O–H groups in total. The Kier molecular flexibility index (Phi) is 4.38. The van der Waals surface area contributed by atoms with Gasteiger partial charge in [0.1, 0.15) is 17.5 Å². The molecule has 1 heterocycles. The molecule has 0 saturated heterocycles. The van der Waals surface area contributed by atoms with Gasteiger partial charge in [-0.05, 0) is 36.8 Å². The molecule has 0 unspecified atom stereocenters. The minimum absolute atomic E-state index is 0.0380. The highest BCUT2D eigenvalue weighted by Crippen LogP contribution is 2.27. The van der Waals surface area contributed by atoms with E-state index in [1.807, 2.05) is 25.1 Å². The van der Waals surface area contributed by atoms with Crippen LogP contribution in [0.1, 0.15) is 12.0 Å². The Balaban J connectivity index is 1.85. The van der Waals surface area contributed by atoms with Crippen LogP contribution in [0.4, 0.5) is 11.4 Å². The van der Waals surface area contributed by atoms with Gasteiger partial charge in [0.15, 0.2) is 0 Å². The Morgan fingerprint density at radius 3 is 2.64 bits per heavy atom. The third kappa shape index (κ3) is 3.45. The highest BCUT2D eigenvalue weighted by molar-refractivity contribution is 6.44. The highest BCUT2D eigenvalue weighted by atomic mass is 16.3. The number of nitrogens with one attached hydrogen (secondary N) is 1. The number of hydrogen-bond acceptors (Lipinski definition) is 5. The van der Waals surface area contributed by atoms with Gasteiger partial charge in [-0.2, -0.15) is 5.10 Å². The number of carbonyl (C=O) groups is 2. The van der Waals surface area contributed by atoms with E-state index in [0.29, 0.717) is 11.4 Å². The van der Waals surface area contributed by atoms with Gasteiger partial charge < -0.3 is 16.2 Å². The summed E-state index contributed by atoms with van der Waals surface area (Å²) in [7, 11) is 0. The van der Waals surface area contributed by atoms with E-state index in [9.17, 15) is 14.7 Å². The van der Waals surface area contributed by atoms with E-state index in [-0.39, 0.29) is 17.9 Å². The maximum absolute atomic E-state index is 12.5. The average molecular weight is 338 g/mol. The predicted octanol–water partition coefficient (Wildman–Crippen LogP) is 1.76. The van der Waals surface area contributed by atoms with Gasteiger partial charge in [-0.25, -0.2) is 0 Å². The van der Waals surface area contributed by atoms with E-state index < -0.39 is 17.9 Å². The second-order valence-electron chi connectivity index (χ2n) is 5.82. The molecular weight excluding hydrogens is 320 g/mol. The first kappa shape index (κ1) is 16.5. The number of phenolic OH excluding ortho intramolecular Hbond substituents is 1. The smallest absolute Gasteiger partial charge is 0.272 e. The monoisotopic (exact) mass is 338 g/mol. The van der Waals surface area contributed by atoms with Crippen molar-refractivity contribution in [1.82, 2.24) is 0 Å². The number of amides is 2. The third-order valence-corrected chi connectivity index (χ3v) is 3.92. The maximum Gasteiger partial charge on any atom is 0.272 e. The van der Waals surface area contributed by atoms with Gasteiger partial charge in [-0.3, -0.25) is 14.6 Å². The van der Waals surface area contributed by atoms with E-state index >= 15 is 0 Å². The summed E-state index contributed by atoms with van der Waals surface area (Å²) in [6.45, 7) is 1.85. The number of aryl methyl sites for hydroxylation is 1. The molecule has 1 aliphatic rings. The van der Waals surface area contributed by atoms with Crippen molar-refractivity contribution in [2.24, 2.45) is 10.8 Å². The zero-order valence-electron chi connectivity index (χ0n) is 13.6. The van der Waals surface area contributed by atoms with E-state index in [4.69, 9.17) is 5.73 Å². The molecule has 25 heavy (non-hydrogen) atoms. The van der Waals surface area contributed by atoms with Crippen molar-refractivity contribution in [1.29, 1.82) is 0 Å². The molecule has 0 spiro atoms. The first-order valence-electron chi connectivity index (χ1n) is 7.78. The number of anilines is 2. The van der Waals surface area contributed by atoms with Crippen molar-refractivity contribution in [2.45, 2.75) is 19.4 Å². The Morgan fingerprint density at radius 2 is 1.96 bits per heavy atom. The Bertz CT molecular complexity index is 849. The second-order valence-corrected chi connectivity index (χ2v) is 5.82. The molecule has 0 fully saturated rings. The number of para-hydroxylation sites is 1. The van der Waals surface area contributed by atoms with Gasteiger partial charge in [-0.15, -0.1) is 0 Å². The third-order valence-electron chi connectivity index (χ3n) is 3.92. The molecule has 0 aromatic heterocycles. The summed E-state index contributed by atoms with van der Waals surface area (Å²) in [6, 6.07) is 13.2. The van der Waals surface area contributed by atoms with Crippen LogP contribution in [-0.4, -0.2) is 28.7 Å². The van der Waals surface area contributed by atoms with E-state index in [1.165, 1.54) is 11.1 Å². The molecule has 0 aliphatic carbocycles. The lowest BCUT2D eigenvalue weighted by atomic mass is 10.1. The van der Waals surface area contributed by atoms with Crippen LogP contribution < -0.4 is 16.1 Å². The molecule has 2 aromatic carbocycles. The topological polar surface area (TPSA) is 108 Å². The SMILES string of the molecule is Cc1ccc(O)c(NC(=O)C2=NN(c3ccccc3)[C@H](C(N)=O)C2)c1. The number of nitrogens with zero attached hydrogens (tertiary/aromatic N) is 2. The van der Waals surface area contributed by atoms with Gasteiger partial charge in [0.2, 0.25) is 5.91 Å². The number of nitrogens with two attached hydrogens (primary N) is 1. The highest BCUT2D eigenvalue weighted by Gasteiger charge is 2.35. The molecule has 7 heteroatoms. The number of rotatable bonds is 4.